The second kappa shape index (κ2) is 6.70. The average molecular weight is 337 g/mol. The summed E-state index contributed by atoms with van der Waals surface area (Å²) in [5, 5.41) is 4.53. The van der Waals surface area contributed by atoms with E-state index >= 15 is 0 Å². The Morgan fingerprint density at radius 3 is 2.55 bits per heavy atom. The van der Waals surface area contributed by atoms with Crippen molar-refractivity contribution in [1.29, 1.82) is 0 Å². The molecule has 0 aliphatic carbocycles. The number of ether oxygens (including phenoxy) is 1. The van der Waals surface area contributed by atoms with E-state index in [1.165, 1.54) is 0 Å². The molecule has 0 N–H and O–H groups in total. The molecule has 0 bridgehead atoms. The van der Waals surface area contributed by atoms with E-state index in [1.807, 2.05) is 4.68 Å². The van der Waals surface area contributed by atoms with Crippen molar-refractivity contribution in [3.63, 3.8) is 0 Å². The summed E-state index contributed by atoms with van der Waals surface area (Å²) in [5.41, 5.74) is 2.72. The molecule has 20 heavy (non-hydrogen) atoms. The van der Waals surface area contributed by atoms with E-state index in [4.69, 9.17) is 4.74 Å². The van der Waals surface area contributed by atoms with Gasteiger partial charge in [-0.3, -0.25) is 9.48 Å². The third kappa shape index (κ3) is 3.10. The Balaban J connectivity index is 2.13. The van der Waals surface area contributed by atoms with Gasteiger partial charge in [-0.1, -0.05) is 6.92 Å². The van der Waals surface area contributed by atoms with Gasteiger partial charge in [-0.15, -0.1) is 0 Å². The van der Waals surface area contributed by atoms with Crippen molar-refractivity contribution in [2.24, 2.45) is 0 Å². The molecule has 0 saturated heterocycles. The van der Waals surface area contributed by atoms with E-state index in [1.54, 1.807) is 24.3 Å². The van der Waals surface area contributed by atoms with Crippen molar-refractivity contribution in [2.75, 3.05) is 0 Å². The number of carbonyl (C=O) groups excluding carboxylic acids is 1. The minimum absolute atomic E-state index is 0.446. The van der Waals surface area contributed by atoms with Crippen molar-refractivity contribution in [2.45, 2.75) is 33.4 Å². The molecule has 0 aliphatic heterocycles. The van der Waals surface area contributed by atoms with Crippen LogP contribution in [0.4, 0.5) is 0 Å². The summed E-state index contributed by atoms with van der Waals surface area (Å²) in [5.74, 6) is 0.740. The van der Waals surface area contributed by atoms with E-state index in [0.29, 0.717) is 12.2 Å². The number of hydrogen-bond donors (Lipinski definition) is 0. The van der Waals surface area contributed by atoms with E-state index in [-0.39, 0.29) is 0 Å². The van der Waals surface area contributed by atoms with Crippen LogP contribution in [0.2, 0.25) is 0 Å². The fourth-order valence-corrected chi connectivity index (χ4v) is 2.63. The molecule has 2 rings (SSSR count). The monoisotopic (exact) mass is 336 g/mol. The molecule has 0 spiro atoms. The normalized spacial score (nSPS) is 10.6. The Hall–Kier alpha value is -1.62. The highest BCUT2D eigenvalue weighted by molar-refractivity contribution is 9.10. The highest BCUT2D eigenvalue weighted by atomic mass is 79.9. The summed E-state index contributed by atoms with van der Waals surface area (Å²) in [6, 6.07) is 7.08. The van der Waals surface area contributed by atoms with Crippen LogP contribution in [0.1, 0.15) is 35.6 Å². The highest BCUT2D eigenvalue weighted by Gasteiger charge is 2.14. The second-order valence-corrected chi connectivity index (χ2v) is 5.15. The molecule has 0 amide bonds. The molecule has 0 fully saturated rings. The smallest absolute Gasteiger partial charge is 0.150 e. The lowest BCUT2D eigenvalue weighted by Crippen LogP contribution is -2.06. The second-order valence-electron chi connectivity index (χ2n) is 4.35. The predicted octanol–water partition coefficient (Wildman–Crippen LogP) is 3.62. The Morgan fingerprint density at radius 2 is 2.00 bits per heavy atom. The van der Waals surface area contributed by atoms with Crippen LogP contribution in [0.3, 0.4) is 0 Å². The lowest BCUT2D eigenvalue weighted by Gasteiger charge is -2.08. The zero-order valence-corrected chi connectivity index (χ0v) is 13.2. The molecule has 0 unspecified atom stereocenters. The first-order valence-electron chi connectivity index (χ1n) is 6.61. The average Bonchev–Trinajstić information content (AvgIpc) is 2.81. The molecule has 0 saturated carbocycles. The predicted molar refractivity (Wildman–Crippen MR) is 81.1 cm³/mol. The molecular weight excluding hydrogens is 320 g/mol. The van der Waals surface area contributed by atoms with E-state index in [9.17, 15) is 4.79 Å². The van der Waals surface area contributed by atoms with Crippen LogP contribution in [0, 0.1) is 0 Å². The zero-order chi connectivity index (χ0) is 14.5. The van der Waals surface area contributed by atoms with Crippen LogP contribution in [0.5, 0.6) is 5.75 Å². The number of benzene rings is 1. The molecule has 4 nitrogen and oxygen atoms in total. The topological polar surface area (TPSA) is 44.1 Å². The van der Waals surface area contributed by atoms with Gasteiger partial charge in [-0.05, 0) is 53.5 Å². The summed E-state index contributed by atoms with van der Waals surface area (Å²) in [6.07, 6.45) is 1.70. The molecule has 5 heteroatoms. The number of carbonyl (C=O) groups is 1. The number of aryl methyl sites for hydroxylation is 2. The standard InChI is InChI=1S/C15H17BrN2O2/c1-3-13-15(16)14(18(4-2)17-13)10-20-12-7-5-11(9-19)6-8-12/h5-9H,3-4,10H2,1-2H3. The van der Waals surface area contributed by atoms with Gasteiger partial charge in [0.15, 0.2) is 0 Å². The van der Waals surface area contributed by atoms with Gasteiger partial charge in [0, 0.05) is 12.1 Å². The summed E-state index contributed by atoms with van der Waals surface area (Å²) >= 11 is 3.59. The van der Waals surface area contributed by atoms with Gasteiger partial charge in [-0.2, -0.15) is 5.10 Å². The number of aromatic nitrogens is 2. The first-order chi connectivity index (χ1) is 9.69. The lowest BCUT2D eigenvalue weighted by atomic mass is 10.2. The molecule has 0 radical (unpaired) electrons. The summed E-state index contributed by atoms with van der Waals surface area (Å²) in [4.78, 5) is 10.6. The molecule has 2 aromatic rings. The third-order valence-electron chi connectivity index (χ3n) is 3.09. The fourth-order valence-electron chi connectivity index (χ4n) is 1.95. The molecule has 1 aromatic heterocycles. The maximum absolute atomic E-state index is 10.6. The van der Waals surface area contributed by atoms with Gasteiger partial charge in [-0.25, -0.2) is 0 Å². The molecular formula is C15H17BrN2O2. The molecule has 106 valence electrons. The Bertz CT molecular complexity index is 591. The number of rotatable bonds is 6. The first-order valence-corrected chi connectivity index (χ1v) is 7.41. The minimum Gasteiger partial charge on any atom is -0.487 e. The van der Waals surface area contributed by atoms with E-state index in [2.05, 4.69) is 34.9 Å². The van der Waals surface area contributed by atoms with Crippen molar-refractivity contribution >= 4 is 22.2 Å². The van der Waals surface area contributed by atoms with Crippen molar-refractivity contribution in [3.8, 4) is 5.75 Å². The van der Waals surface area contributed by atoms with Gasteiger partial charge in [0.1, 0.15) is 18.6 Å². The van der Waals surface area contributed by atoms with Gasteiger partial charge >= 0.3 is 0 Å². The molecule has 1 heterocycles. The summed E-state index contributed by atoms with van der Waals surface area (Å²) in [7, 11) is 0. The fraction of sp³-hybridized carbons (Fsp3) is 0.333. The van der Waals surface area contributed by atoms with Crippen LogP contribution in [0.25, 0.3) is 0 Å². The van der Waals surface area contributed by atoms with Crippen LogP contribution in [-0.2, 0) is 19.6 Å². The summed E-state index contributed by atoms with van der Waals surface area (Å²) in [6.45, 7) is 5.39. The van der Waals surface area contributed by atoms with Gasteiger partial charge in [0.25, 0.3) is 0 Å². The van der Waals surface area contributed by atoms with Crippen molar-refractivity contribution in [1.82, 2.24) is 9.78 Å². The number of nitrogens with zero attached hydrogens (tertiary/aromatic N) is 2. The van der Waals surface area contributed by atoms with E-state index < -0.39 is 0 Å². The minimum atomic E-state index is 0.446. The van der Waals surface area contributed by atoms with Gasteiger partial charge < -0.3 is 4.74 Å². The number of aldehydes is 1. The Labute approximate surface area is 126 Å². The van der Waals surface area contributed by atoms with Crippen LogP contribution >= 0.6 is 15.9 Å². The Kier molecular flexibility index (Phi) is 4.95. The first kappa shape index (κ1) is 14.8. The maximum Gasteiger partial charge on any atom is 0.150 e. The maximum atomic E-state index is 10.6. The number of hydrogen-bond acceptors (Lipinski definition) is 3. The third-order valence-corrected chi connectivity index (χ3v) is 4.00. The lowest BCUT2D eigenvalue weighted by molar-refractivity contribution is 0.112. The molecule has 1 aromatic carbocycles. The van der Waals surface area contributed by atoms with Crippen molar-refractivity contribution in [3.05, 3.63) is 45.7 Å². The number of halogens is 1. The zero-order valence-electron chi connectivity index (χ0n) is 11.6. The quantitative estimate of drug-likeness (QED) is 0.756. The Morgan fingerprint density at radius 1 is 1.30 bits per heavy atom. The van der Waals surface area contributed by atoms with Crippen LogP contribution < -0.4 is 4.74 Å². The van der Waals surface area contributed by atoms with Gasteiger partial charge in [0.05, 0.1) is 15.9 Å². The SMILES string of the molecule is CCc1nn(CC)c(COc2ccc(C=O)cc2)c1Br. The molecule has 0 aliphatic rings. The van der Waals surface area contributed by atoms with Crippen LogP contribution in [0.15, 0.2) is 28.7 Å². The largest absolute Gasteiger partial charge is 0.487 e. The highest BCUT2D eigenvalue weighted by Crippen LogP contribution is 2.24. The van der Waals surface area contributed by atoms with Crippen molar-refractivity contribution < 1.29 is 9.53 Å². The van der Waals surface area contributed by atoms with Crippen LogP contribution in [-0.4, -0.2) is 16.1 Å². The summed E-state index contributed by atoms with van der Waals surface area (Å²) < 4.78 is 8.73. The van der Waals surface area contributed by atoms with Gasteiger partial charge in [0.2, 0.25) is 0 Å². The molecule has 0 atom stereocenters. The van der Waals surface area contributed by atoms with E-state index in [0.717, 1.165) is 40.9 Å².